The van der Waals surface area contributed by atoms with E-state index in [0.29, 0.717) is 24.6 Å². The number of anilines is 1. The third kappa shape index (κ3) is 7.77. The van der Waals surface area contributed by atoms with Crippen LogP contribution in [0.25, 0.3) is 0 Å². The molecule has 4 fully saturated rings. The highest BCUT2D eigenvalue weighted by molar-refractivity contribution is 7.89. The number of halogens is 3. The van der Waals surface area contributed by atoms with E-state index < -0.39 is 46.6 Å². The van der Waals surface area contributed by atoms with Gasteiger partial charge in [-0.25, -0.2) is 36.3 Å². The number of benzene rings is 1. The van der Waals surface area contributed by atoms with Crippen LogP contribution in [-0.2, 0) is 21.8 Å². The molecule has 2 atom stereocenters. The third-order valence-electron chi connectivity index (χ3n) is 10.7. The zero-order chi connectivity index (χ0) is 36.8. The molecule has 4 aliphatic rings. The molecule has 5 heterocycles. The standard InChI is InChI=1S/C35H45F3N8O5S/c1-23(2)46(26-13-35(37,38)14-26)33(47)29-12-24(36)4-7-30(29)51-31-16-39-22-40-32(31)45-20-34(21-45)8-10-44(11-9-34)17-27-6-5-25(19-50-27)42-52(48,49)28-15-41-43(3)18-28/h4,7,12,15-16,18,22-23,25-27,42H,5-6,8-11,13-14,17,19-21H2,1-3H3/t25-,27+/m1/s1. The number of hydrogen-bond acceptors (Lipinski definition) is 10. The SMILES string of the molecule is CC(C)N(C(=O)c1cc(F)ccc1Oc1cncnc1N1CC2(CCN(C[C@@H]3CC[C@@H](NS(=O)(=O)c4cnn(C)c4)CO3)CC2)C1)C1CC(F)(F)C1. The summed E-state index contributed by atoms with van der Waals surface area (Å²) in [6.07, 6.45) is 8.38. The number of carbonyl (C=O) groups excluding carboxylic acids is 1. The molecular weight excluding hydrogens is 701 g/mol. The Balaban J connectivity index is 0.922. The molecule has 52 heavy (non-hydrogen) atoms. The molecule has 3 aliphatic heterocycles. The van der Waals surface area contributed by atoms with Gasteiger partial charge in [0.15, 0.2) is 11.6 Å². The summed E-state index contributed by atoms with van der Waals surface area (Å²) >= 11 is 0. The number of aromatic nitrogens is 4. The summed E-state index contributed by atoms with van der Waals surface area (Å²) < 4.78 is 83.8. The van der Waals surface area contributed by atoms with E-state index in [1.165, 1.54) is 46.6 Å². The van der Waals surface area contributed by atoms with E-state index in [-0.39, 0.29) is 39.8 Å². The first-order valence-corrected chi connectivity index (χ1v) is 19.3. The Labute approximate surface area is 301 Å². The lowest BCUT2D eigenvalue weighted by Crippen LogP contribution is -2.61. The molecule has 0 bridgehead atoms. The van der Waals surface area contributed by atoms with Crippen LogP contribution in [0.2, 0.25) is 0 Å². The molecule has 2 aromatic heterocycles. The van der Waals surface area contributed by atoms with Crippen LogP contribution in [0.1, 0.15) is 62.7 Å². The van der Waals surface area contributed by atoms with Crippen LogP contribution in [0.5, 0.6) is 11.5 Å². The van der Waals surface area contributed by atoms with E-state index >= 15 is 0 Å². The number of piperidine rings is 1. The van der Waals surface area contributed by atoms with Gasteiger partial charge in [-0.05, 0) is 70.8 Å². The van der Waals surface area contributed by atoms with Gasteiger partial charge in [0.25, 0.3) is 11.8 Å². The Hall–Kier alpha value is -3.80. The van der Waals surface area contributed by atoms with Crippen molar-refractivity contribution in [2.24, 2.45) is 12.5 Å². The summed E-state index contributed by atoms with van der Waals surface area (Å²) in [6, 6.07) is 2.35. The van der Waals surface area contributed by atoms with Crippen molar-refractivity contribution < 1.29 is 35.9 Å². The highest BCUT2D eigenvalue weighted by Gasteiger charge is 2.50. The monoisotopic (exact) mass is 746 g/mol. The van der Waals surface area contributed by atoms with E-state index in [0.717, 1.165) is 58.1 Å². The van der Waals surface area contributed by atoms with Crippen molar-refractivity contribution in [2.75, 3.05) is 44.2 Å². The molecule has 1 amide bonds. The van der Waals surface area contributed by atoms with Crippen molar-refractivity contribution in [3.05, 3.63) is 54.5 Å². The first-order valence-electron chi connectivity index (χ1n) is 17.8. The molecule has 17 heteroatoms. The van der Waals surface area contributed by atoms with Gasteiger partial charge in [-0.3, -0.25) is 9.48 Å². The molecule has 13 nitrogen and oxygen atoms in total. The van der Waals surface area contributed by atoms with Crippen LogP contribution in [0.3, 0.4) is 0 Å². The van der Waals surface area contributed by atoms with Crippen molar-refractivity contribution >= 4 is 21.7 Å². The summed E-state index contributed by atoms with van der Waals surface area (Å²) in [5, 5.41) is 3.95. The predicted molar refractivity (Wildman–Crippen MR) is 184 cm³/mol. The maximum absolute atomic E-state index is 14.5. The number of ether oxygens (including phenoxy) is 2. The number of amides is 1. The third-order valence-corrected chi connectivity index (χ3v) is 12.2. The van der Waals surface area contributed by atoms with E-state index in [1.54, 1.807) is 20.9 Å². The van der Waals surface area contributed by atoms with Crippen LogP contribution in [-0.4, -0.2) is 113 Å². The molecule has 7 rings (SSSR count). The van der Waals surface area contributed by atoms with E-state index in [2.05, 4.69) is 29.6 Å². The Morgan fingerprint density at radius 2 is 1.88 bits per heavy atom. The fraction of sp³-hybridized carbons (Fsp3) is 0.600. The molecule has 1 aliphatic carbocycles. The number of likely N-dealkylation sites (tertiary alicyclic amines) is 1. The minimum atomic E-state index is -3.65. The van der Waals surface area contributed by atoms with E-state index in [4.69, 9.17) is 9.47 Å². The van der Waals surface area contributed by atoms with E-state index in [9.17, 15) is 26.4 Å². The summed E-state index contributed by atoms with van der Waals surface area (Å²) in [5.74, 6) is -3.04. The van der Waals surface area contributed by atoms with Crippen LogP contribution < -0.4 is 14.4 Å². The van der Waals surface area contributed by atoms with Crippen LogP contribution in [0.15, 0.2) is 48.0 Å². The number of carbonyl (C=O) groups is 1. The number of sulfonamides is 1. The molecule has 1 N–H and O–H groups in total. The van der Waals surface area contributed by atoms with Crippen molar-refractivity contribution in [3.63, 3.8) is 0 Å². The Morgan fingerprint density at radius 1 is 1.13 bits per heavy atom. The zero-order valence-corrected chi connectivity index (χ0v) is 30.4. The van der Waals surface area contributed by atoms with E-state index in [1.807, 2.05) is 0 Å². The lowest BCUT2D eigenvalue weighted by molar-refractivity contribution is -0.120. The maximum Gasteiger partial charge on any atom is 0.258 e. The molecule has 1 aromatic carbocycles. The average molecular weight is 747 g/mol. The van der Waals surface area contributed by atoms with Crippen molar-refractivity contribution in [3.8, 4) is 11.5 Å². The highest BCUT2D eigenvalue weighted by atomic mass is 32.2. The zero-order valence-electron chi connectivity index (χ0n) is 29.6. The lowest BCUT2D eigenvalue weighted by atomic mass is 9.72. The number of hydrogen-bond donors (Lipinski definition) is 1. The second-order valence-electron chi connectivity index (χ2n) is 15.0. The number of nitrogens with one attached hydrogen (secondary N) is 1. The number of nitrogens with zero attached hydrogens (tertiary/aromatic N) is 7. The van der Waals surface area contributed by atoms with Gasteiger partial charge in [-0.1, -0.05) is 0 Å². The van der Waals surface area contributed by atoms with Gasteiger partial charge in [-0.15, -0.1) is 0 Å². The molecule has 3 saturated heterocycles. The molecular formula is C35H45F3N8O5S. The van der Waals surface area contributed by atoms with Crippen LogP contribution >= 0.6 is 0 Å². The summed E-state index contributed by atoms with van der Waals surface area (Å²) in [6.45, 7) is 7.97. The molecule has 1 spiro atoms. The van der Waals surface area contributed by atoms with Gasteiger partial charge >= 0.3 is 0 Å². The molecule has 0 radical (unpaired) electrons. The normalized spacial score (nSPS) is 23.3. The summed E-state index contributed by atoms with van der Waals surface area (Å²) in [4.78, 5) is 28.4. The summed E-state index contributed by atoms with van der Waals surface area (Å²) in [7, 11) is -1.97. The predicted octanol–water partition coefficient (Wildman–Crippen LogP) is 4.22. The fourth-order valence-electron chi connectivity index (χ4n) is 7.88. The lowest BCUT2D eigenvalue weighted by Gasteiger charge is -2.54. The quantitative estimate of drug-likeness (QED) is 0.304. The largest absolute Gasteiger partial charge is 0.451 e. The van der Waals surface area contributed by atoms with Crippen molar-refractivity contribution in [1.29, 1.82) is 0 Å². The van der Waals surface area contributed by atoms with Gasteiger partial charge in [0.1, 0.15) is 22.8 Å². The first kappa shape index (κ1) is 36.6. The Kier molecular flexibility index (Phi) is 9.99. The molecule has 0 unspecified atom stereocenters. The van der Waals surface area contributed by atoms with Crippen molar-refractivity contribution in [2.45, 2.75) is 87.4 Å². The molecule has 282 valence electrons. The molecule has 1 saturated carbocycles. The Morgan fingerprint density at radius 3 is 2.52 bits per heavy atom. The maximum atomic E-state index is 14.5. The topological polar surface area (TPSA) is 135 Å². The van der Waals surface area contributed by atoms with Gasteiger partial charge in [0, 0.05) is 69.3 Å². The minimum Gasteiger partial charge on any atom is -0.451 e. The first-order chi connectivity index (χ1) is 24.7. The Bertz CT molecular complexity index is 1860. The van der Waals surface area contributed by atoms with Crippen molar-refractivity contribution in [1.82, 2.24) is 34.3 Å². The summed E-state index contributed by atoms with van der Waals surface area (Å²) in [5.41, 5.74) is 0.0659. The smallest absolute Gasteiger partial charge is 0.258 e. The number of alkyl halides is 2. The second-order valence-corrected chi connectivity index (χ2v) is 16.7. The fourth-order valence-corrected chi connectivity index (χ4v) is 9.12. The van der Waals surface area contributed by atoms with Gasteiger partial charge in [-0.2, -0.15) is 5.10 Å². The molecule has 3 aromatic rings. The second kappa shape index (κ2) is 14.2. The highest BCUT2D eigenvalue weighted by Crippen LogP contribution is 2.46. The van der Waals surface area contributed by atoms with Gasteiger partial charge in [0.2, 0.25) is 10.0 Å². The minimum absolute atomic E-state index is 0.0392. The number of rotatable bonds is 11. The average Bonchev–Trinajstić information content (AvgIpc) is 3.52. The van der Waals surface area contributed by atoms with Crippen LogP contribution in [0.4, 0.5) is 19.0 Å². The number of aryl methyl sites for hydroxylation is 1. The van der Waals surface area contributed by atoms with Gasteiger partial charge in [0.05, 0.1) is 30.7 Å². The van der Waals surface area contributed by atoms with Crippen LogP contribution in [0, 0.1) is 11.2 Å². The van der Waals surface area contributed by atoms with Gasteiger partial charge < -0.3 is 24.2 Å².